The molecule has 0 spiro atoms. The molecule has 0 bridgehead atoms. The van der Waals surface area contributed by atoms with Gasteiger partial charge in [-0.15, -0.1) is 0 Å². The third kappa shape index (κ3) is 4.80. The molecule has 2 aromatic carbocycles. The van der Waals surface area contributed by atoms with Crippen LogP contribution in [0.2, 0.25) is 0 Å². The lowest BCUT2D eigenvalue weighted by molar-refractivity contribution is -0.156. The molecule has 0 aliphatic carbocycles. The fraction of sp³-hybridized carbons (Fsp3) is 0.318. The number of likely N-dealkylation sites (tertiary alicyclic amines) is 1. The highest BCUT2D eigenvalue weighted by Crippen LogP contribution is 2.37. The SMILES string of the molecule is CC(=O)N1CCC(C(=O)OCC(=O)Nc2cccc(F)c2)(c2ccccc2)CC1. The summed E-state index contributed by atoms with van der Waals surface area (Å²) in [4.78, 5) is 38.5. The van der Waals surface area contributed by atoms with Gasteiger partial charge in [-0.3, -0.25) is 14.4 Å². The normalized spacial score (nSPS) is 15.4. The van der Waals surface area contributed by atoms with Crippen LogP contribution in [0.25, 0.3) is 0 Å². The summed E-state index contributed by atoms with van der Waals surface area (Å²) in [6, 6.07) is 14.7. The van der Waals surface area contributed by atoms with Crippen molar-refractivity contribution in [1.29, 1.82) is 0 Å². The zero-order valence-electron chi connectivity index (χ0n) is 16.2. The summed E-state index contributed by atoms with van der Waals surface area (Å²) < 4.78 is 18.6. The molecule has 7 heteroatoms. The Morgan fingerprint density at radius 1 is 1.07 bits per heavy atom. The van der Waals surface area contributed by atoms with Crippen molar-refractivity contribution in [3.63, 3.8) is 0 Å². The first-order valence-corrected chi connectivity index (χ1v) is 9.44. The minimum Gasteiger partial charge on any atom is -0.455 e. The van der Waals surface area contributed by atoms with Crippen LogP contribution < -0.4 is 5.32 Å². The average molecular weight is 398 g/mol. The van der Waals surface area contributed by atoms with Gasteiger partial charge in [0, 0.05) is 25.7 Å². The Morgan fingerprint density at radius 2 is 1.76 bits per heavy atom. The molecule has 1 fully saturated rings. The number of carbonyl (C=O) groups is 3. The molecule has 29 heavy (non-hydrogen) atoms. The maximum absolute atomic E-state index is 13.2. The zero-order valence-corrected chi connectivity index (χ0v) is 16.2. The van der Waals surface area contributed by atoms with E-state index in [0.29, 0.717) is 31.6 Å². The second-order valence-corrected chi connectivity index (χ2v) is 7.09. The molecular weight excluding hydrogens is 375 g/mol. The first kappa shape index (κ1) is 20.5. The highest BCUT2D eigenvalue weighted by Gasteiger charge is 2.44. The van der Waals surface area contributed by atoms with Crippen LogP contribution >= 0.6 is 0 Å². The fourth-order valence-corrected chi connectivity index (χ4v) is 3.60. The number of hydrogen-bond acceptors (Lipinski definition) is 4. The predicted molar refractivity (Wildman–Crippen MR) is 106 cm³/mol. The number of esters is 1. The minimum atomic E-state index is -0.910. The van der Waals surface area contributed by atoms with Crippen molar-refractivity contribution in [3.8, 4) is 0 Å². The summed E-state index contributed by atoms with van der Waals surface area (Å²) in [5.74, 6) is -1.55. The van der Waals surface area contributed by atoms with Crippen molar-refractivity contribution in [2.24, 2.45) is 0 Å². The van der Waals surface area contributed by atoms with Gasteiger partial charge in [0.05, 0.1) is 5.41 Å². The standard InChI is InChI=1S/C22H23FN2O4/c1-16(26)25-12-10-22(11-13-25,17-6-3-2-4-7-17)21(28)29-15-20(27)24-19-9-5-8-18(23)14-19/h2-9,14H,10-13,15H2,1H3,(H,24,27). The van der Waals surface area contributed by atoms with Gasteiger partial charge in [0.1, 0.15) is 5.82 Å². The second kappa shape index (κ2) is 8.86. The average Bonchev–Trinajstić information content (AvgIpc) is 2.72. The zero-order chi connectivity index (χ0) is 20.9. The lowest BCUT2D eigenvalue weighted by Gasteiger charge is -2.40. The molecule has 152 valence electrons. The Morgan fingerprint density at radius 3 is 2.38 bits per heavy atom. The van der Waals surface area contributed by atoms with E-state index in [4.69, 9.17) is 4.74 Å². The van der Waals surface area contributed by atoms with Crippen LogP contribution in [-0.4, -0.2) is 42.4 Å². The molecule has 1 saturated heterocycles. The summed E-state index contributed by atoms with van der Waals surface area (Å²) >= 11 is 0. The number of halogens is 1. The number of ether oxygens (including phenoxy) is 1. The molecule has 0 saturated carbocycles. The number of anilines is 1. The summed E-state index contributed by atoms with van der Waals surface area (Å²) in [5.41, 5.74) is 0.184. The number of nitrogens with zero attached hydrogens (tertiary/aromatic N) is 1. The van der Waals surface area contributed by atoms with Gasteiger partial charge in [0.15, 0.2) is 6.61 Å². The van der Waals surface area contributed by atoms with Crippen LogP contribution in [0, 0.1) is 5.82 Å². The van der Waals surface area contributed by atoms with E-state index in [0.717, 1.165) is 5.56 Å². The molecule has 2 aromatic rings. The van der Waals surface area contributed by atoms with Crippen LogP contribution in [0.1, 0.15) is 25.3 Å². The monoisotopic (exact) mass is 398 g/mol. The third-order valence-electron chi connectivity index (χ3n) is 5.22. The summed E-state index contributed by atoms with van der Waals surface area (Å²) in [6.07, 6.45) is 0.835. The van der Waals surface area contributed by atoms with Crippen LogP contribution in [0.5, 0.6) is 0 Å². The van der Waals surface area contributed by atoms with Crippen molar-refractivity contribution in [2.45, 2.75) is 25.2 Å². The van der Waals surface area contributed by atoms with Gasteiger partial charge in [-0.05, 0) is 36.6 Å². The van der Waals surface area contributed by atoms with Crippen molar-refractivity contribution < 1.29 is 23.5 Å². The summed E-state index contributed by atoms with van der Waals surface area (Å²) in [7, 11) is 0. The van der Waals surface area contributed by atoms with Crippen molar-refractivity contribution in [1.82, 2.24) is 4.90 Å². The highest BCUT2D eigenvalue weighted by atomic mass is 19.1. The summed E-state index contributed by atoms with van der Waals surface area (Å²) in [5, 5.41) is 2.51. The van der Waals surface area contributed by atoms with Gasteiger partial charge in [-0.1, -0.05) is 36.4 Å². The Labute approximate surface area is 168 Å². The first-order valence-electron chi connectivity index (χ1n) is 9.44. The molecule has 1 heterocycles. The van der Waals surface area contributed by atoms with E-state index in [1.807, 2.05) is 30.3 Å². The number of amides is 2. The van der Waals surface area contributed by atoms with Crippen LogP contribution in [0.3, 0.4) is 0 Å². The van der Waals surface area contributed by atoms with Gasteiger partial charge >= 0.3 is 5.97 Å². The van der Waals surface area contributed by atoms with E-state index in [1.54, 1.807) is 11.0 Å². The predicted octanol–water partition coefficient (Wildman–Crippen LogP) is 2.89. The van der Waals surface area contributed by atoms with Crippen LogP contribution in [0.15, 0.2) is 54.6 Å². The van der Waals surface area contributed by atoms with E-state index in [-0.39, 0.29) is 5.91 Å². The largest absolute Gasteiger partial charge is 0.455 e. The number of rotatable bonds is 5. The number of benzene rings is 2. The van der Waals surface area contributed by atoms with Crippen LogP contribution in [0.4, 0.5) is 10.1 Å². The number of carbonyl (C=O) groups excluding carboxylic acids is 3. The molecule has 0 unspecified atom stereocenters. The molecule has 3 rings (SSSR count). The third-order valence-corrected chi connectivity index (χ3v) is 5.22. The van der Waals surface area contributed by atoms with Crippen molar-refractivity contribution >= 4 is 23.5 Å². The maximum atomic E-state index is 13.2. The lowest BCUT2D eigenvalue weighted by Crippen LogP contribution is -2.49. The van der Waals surface area contributed by atoms with Gasteiger partial charge in [0.2, 0.25) is 5.91 Å². The topological polar surface area (TPSA) is 75.7 Å². The molecule has 1 N–H and O–H groups in total. The fourth-order valence-electron chi connectivity index (χ4n) is 3.60. The first-order chi connectivity index (χ1) is 13.9. The molecule has 1 aliphatic rings. The Kier molecular flexibility index (Phi) is 6.26. The van der Waals surface area contributed by atoms with Gasteiger partial charge in [0.25, 0.3) is 5.91 Å². The quantitative estimate of drug-likeness (QED) is 0.786. The number of hydrogen-bond donors (Lipinski definition) is 1. The van der Waals surface area contributed by atoms with E-state index < -0.39 is 29.7 Å². The maximum Gasteiger partial charge on any atom is 0.317 e. The molecular formula is C22H23FN2O4. The smallest absolute Gasteiger partial charge is 0.317 e. The van der Waals surface area contributed by atoms with Crippen molar-refractivity contribution in [2.75, 3.05) is 25.0 Å². The molecule has 0 atom stereocenters. The Bertz CT molecular complexity index is 893. The number of piperidine rings is 1. The Balaban J connectivity index is 1.69. The van der Waals surface area contributed by atoms with E-state index >= 15 is 0 Å². The summed E-state index contributed by atoms with van der Waals surface area (Å²) in [6.45, 7) is 1.91. The van der Waals surface area contributed by atoms with Gasteiger partial charge in [-0.2, -0.15) is 0 Å². The molecule has 0 aromatic heterocycles. The minimum absolute atomic E-state index is 0.0329. The highest BCUT2D eigenvalue weighted by molar-refractivity contribution is 5.94. The molecule has 6 nitrogen and oxygen atoms in total. The van der Waals surface area contributed by atoms with E-state index in [9.17, 15) is 18.8 Å². The van der Waals surface area contributed by atoms with E-state index in [2.05, 4.69) is 5.32 Å². The second-order valence-electron chi connectivity index (χ2n) is 7.09. The molecule has 2 amide bonds. The molecule has 0 radical (unpaired) electrons. The van der Waals surface area contributed by atoms with Gasteiger partial charge in [-0.25, -0.2) is 4.39 Å². The molecule has 1 aliphatic heterocycles. The van der Waals surface area contributed by atoms with E-state index in [1.165, 1.54) is 25.1 Å². The van der Waals surface area contributed by atoms with Gasteiger partial charge < -0.3 is 15.0 Å². The number of nitrogens with one attached hydrogen (secondary N) is 1. The lowest BCUT2D eigenvalue weighted by atomic mass is 9.72. The van der Waals surface area contributed by atoms with Crippen molar-refractivity contribution in [3.05, 3.63) is 66.0 Å². The van der Waals surface area contributed by atoms with Crippen LogP contribution in [-0.2, 0) is 24.5 Å². The Hall–Kier alpha value is -3.22.